The van der Waals surface area contributed by atoms with Crippen LogP contribution in [-0.4, -0.2) is 27.9 Å². The largest absolute Gasteiger partial charge is 0.355 e. The monoisotopic (exact) mass is 267 g/mol. The molecule has 0 saturated carbocycles. The van der Waals surface area contributed by atoms with Crippen molar-refractivity contribution < 1.29 is 0 Å². The van der Waals surface area contributed by atoms with Gasteiger partial charge in [-0.1, -0.05) is 13.8 Å². The summed E-state index contributed by atoms with van der Waals surface area (Å²) >= 11 is 0. The Morgan fingerprint density at radius 2 is 1.95 bits per heavy atom. The van der Waals surface area contributed by atoms with Crippen LogP contribution >= 0.6 is 0 Å². The molecule has 0 bridgehead atoms. The van der Waals surface area contributed by atoms with Crippen molar-refractivity contribution in [3.05, 3.63) is 5.82 Å². The van der Waals surface area contributed by atoms with Crippen LogP contribution in [0, 0.1) is 11.8 Å². The van der Waals surface area contributed by atoms with Crippen LogP contribution in [0.3, 0.4) is 0 Å². The molecule has 0 fully saturated rings. The zero-order chi connectivity index (χ0) is 14.3. The second-order valence-corrected chi connectivity index (χ2v) is 5.33. The smallest absolute Gasteiger partial charge is 0.224 e. The van der Waals surface area contributed by atoms with Gasteiger partial charge in [0.05, 0.1) is 0 Å². The lowest BCUT2D eigenvalue weighted by molar-refractivity contribution is 0.337. The maximum absolute atomic E-state index is 5.69. The highest BCUT2D eigenvalue weighted by Gasteiger charge is 2.15. The molecule has 1 atom stereocenters. The molecule has 0 spiro atoms. The summed E-state index contributed by atoms with van der Waals surface area (Å²) in [6.07, 6.45) is 3.21. The Morgan fingerprint density at radius 1 is 1.21 bits per heavy atom. The summed E-state index contributed by atoms with van der Waals surface area (Å²) in [6.45, 7) is 11.3. The van der Waals surface area contributed by atoms with Crippen LogP contribution in [0.1, 0.15) is 46.4 Å². The second-order valence-electron chi connectivity index (χ2n) is 5.33. The van der Waals surface area contributed by atoms with Gasteiger partial charge in [0.1, 0.15) is 5.82 Å². The third kappa shape index (κ3) is 4.49. The Balaban J connectivity index is 2.65. The average Bonchev–Trinajstić information content (AvgIpc) is 2.76. The van der Waals surface area contributed by atoms with Crippen molar-refractivity contribution in [1.82, 2.24) is 14.8 Å². The van der Waals surface area contributed by atoms with E-state index < -0.39 is 0 Å². The normalized spacial score (nSPS) is 12.9. The molecule has 1 rings (SSSR count). The van der Waals surface area contributed by atoms with Crippen LogP contribution < -0.4 is 11.1 Å². The van der Waals surface area contributed by atoms with Crippen LogP contribution in [-0.2, 0) is 13.0 Å². The molecule has 1 aromatic heterocycles. The number of nitrogens with two attached hydrogens (primary N) is 1. The highest BCUT2D eigenvalue weighted by atomic mass is 15.3. The lowest BCUT2D eigenvalue weighted by Gasteiger charge is -2.19. The summed E-state index contributed by atoms with van der Waals surface area (Å²) in [5.74, 6) is 3.32. The molecule has 1 unspecified atom stereocenters. The van der Waals surface area contributed by atoms with E-state index in [9.17, 15) is 0 Å². The highest BCUT2D eigenvalue weighted by molar-refractivity contribution is 5.25. The predicted molar refractivity (Wildman–Crippen MR) is 80.2 cm³/mol. The maximum Gasteiger partial charge on any atom is 0.224 e. The predicted octanol–water partition coefficient (Wildman–Crippen LogP) is 2.28. The minimum absolute atomic E-state index is 0.676. The van der Waals surface area contributed by atoms with E-state index in [-0.39, 0.29) is 0 Å². The Morgan fingerprint density at radius 3 is 2.47 bits per heavy atom. The van der Waals surface area contributed by atoms with Crippen LogP contribution in [0.25, 0.3) is 0 Å². The number of hydrogen-bond acceptors (Lipinski definition) is 4. The number of aryl methyl sites for hydroxylation is 1. The Kier molecular flexibility index (Phi) is 6.84. The first-order chi connectivity index (χ1) is 9.13. The molecule has 0 radical (unpaired) electrons. The molecule has 0 aliphatic carbocycles. The van der Waals surface area contributed by atoms with E-state index in [0.717, 1.165) is 50.7 Å². The lowest BCUT2D eigenvalue weighted by atomic mass is 9.88. The van der Waals surface area contributed by atoms with Gasteiger partial charge < -0.3 is 11.1 Å². The van der Waals surface area contributed by atoms with Gasteiger partial charge in [-0.2, -0.15) is 0 Å². The molecule has 5 nitrogen and oxygen atoms in total. The van der Waals surface area contributed by atoms with Crippen LogP contribution in [0.2, 0.25) is 0 Å². The van der Waals surface area contributed by atoms with Gasteiger partial charge >= 0.3 is 0 Å². The number of rotatable bonds is 9. The highest BCUT2D eigenvalue weighted by Crippen LogP contribution is 2.21. The van der Waals surface area contributed by atoms with Gasteiger partial charge in [-0.3, -0.25) is 4.57 Å². The minimum Gasteiger partial charge on any atom is -0.355 e. The quantitative estimate of drug-likeness (QED) is 0.720. The lowest BCUT2D eigenvalue weighted by Crippen LogP contribution is -2.16. The van der Waals surface area contributed by atoms with Crippen molar-refractivity contribution in [3.8, 4) is 0 Å². The van der Waals surface area contributed by atoms with Crippen molar-refractivity contribution in [2.24, 2.45) is 17.6 Å². The minimum atomic E-state index is 0.676. The van der Waals surface area contributed by atoms with E-state index in [1.54, 1.807) is 0 Å². The topological polar surface area (TPSA) is 68.8 Å². The fourth-order valence-corrected chi connectivity index (χ4v) is 2.48. The van der Waals surface area contributed by atoms with E-state index >= 15 is 0 Å². The van der Waals surface area contributed by atoms with Gasteiger partial charge in [0.15, 0.2) is 0 Å². The second kappa shape index (κ2) is 8.15. The van der Waals surface area contributed by atoms with Gasteiger partial charge in [0.2, 0.25) is 5.95 Å². The Bertz CT molecular complexity index is 359. The van der Waals surface area contributed by atoms with E-state index in [1.165, 1.54) is 0 Å². The number of nitrogens with one attached hydrogen (secondary N) is 1. The first kappa shape index (κ1) is 16.0. The molecule has 0 aromatic carbocycles. The van der Waals surface area contributed by atoms with Crippen molar-refractivity contribution in [2.75, 3.05) is 18.4 Å². The first-order valence-corrected chi connectivity index (χ1v) is 7.49. The molecule has 110 valence electrons. The summed E-state index contributed by atoms with van der Waals surface area (Å²) in [7, 11) is 0. The van der Waals surface area contributed by atoms with E-state index in [0.29, 0.717) is 11.8 Å². The van der Waals surface area contributed by atoms with E-state index in [1.807, 2.05) is 0 Å². The third-order valence-electron chi connectivity index (χ3n) is 3.70. The molecule has 1 aromatic rings. The van der Waals surface area contributed by atoms with Crippen LogP contribution in [0.5, 0.6) is 0 Å². The number of aromatic nitrogens is 3. The molecule has 0 aliphatic rings. The number of anilines is 1. The molecular formula is C14H29N5. The summed E-state index contributed by atoms with van der Waals surface area (Å²) in [5, 5.41) is 11.8. The first-order valence-electron chi connectivity index (χ1n) is 7.49. The zero-order valence-corrected chi connectivity index (χ0v) is 12.8. The van der Waals surface area contributed by atoms with Crippen molar-refractivity contribution in [3.63, 3.8) is 0 Å². The molecule has 3 N–H and O–H groups in total. The Hall–Kier alpha value is -1.10. The van der Waals surface area contributed by atoms with Gasteiger partial charge in [-0.05, 0) is 45.1 Å². The van der Waals surface area contributed by atoms with Gasteiger partial charge in [-0.25, -0.2) is 0 Å². The molecule has 5 heteroatoms. The molecule has 0 aliphatic heterocycles. The maximum atomic E-state index is 5.69. The van der Waals surface area contributed by atoms with Gasteiger partial charge in [0, 0.05) is 19.5 Å². The molecule has 1 heterocycles. The average molecular weight is 267 g/mol. The van der Waals surface area contributed by atoms with Gasteiger partial charge in [-0.15, -0.1) is 10.2 Å². The van der Waals surface area contributed by atoms with Crippen molar-refractivity contribution in [1.29, 1.82) is 0 Å². The molecule has 0 saturated heterocycles. The van der Waals surface area contributed by atoms with Gasteiger partial charge in [0.25, 0.3) is 0 Å². The number of nitrogens with zero attached hydrogens (tertiary/aromatic N) is 3. The van der Waals surface area contributed by atoms with Crippen molar-refractivity contribution in [2.45, 2.75) is 53.5 Å². The van der Waals surface area contributed by atoms with Crippen LogP contribution in [0.15, 0.2) is 0 Å². The Labute approximate surface area is 117 Å². The van der Waals surface area contributed by atoms with E-state index in [2.05, 4.69) is 47.8 Å². The number of hydrogen-bond donors (Lipinski definition) is 2. The summed E-state index contributed by atoms with van der Waals surface area (Å²) in [4.78, 5) is 0. The molecule has 19 heavy (non-hydrogen) atoms. The third-order valence-corrected chi connectivity index (χ3v) is 3.70. The fourth-order valence-electron chi connectivity index (χ4n) is 2.48. The zero-order valence-electron chi connectivity index (χ0n) is 12.8. The fraction of sp³-hybridized carbons (Fsp3) is 0.857. The SMILES string of the molecule is CCNc1nnc(CCC(CCN)C(C)C)n1CC. The summed E-state index contributed by atoms with van der Waals surface area (Å²) < 4.78 is 2.17. The summed E-state index contributed by atoms with van der Waals surface area (Å²) in [6, 6.07) is 0. The molecule has 0 amide bonds. The van der Waals surface area contributed by atoms with E-state index in [4.69, 9.17) is 5.73 Å². The van der Waals surface area contributed by atoms with Crippen molar-refractivity contribution >= 4 is 5.95 Å². The van der Waals surface area contributed by atoms with Crippen LogP contribution in [0.4, 0.5) is 5.95 Å². The summed E-state index contributed by atoms with van der Waals surface area (Å²) in [5.41, 5.74) is 5.69. The standard InChI is InChI=1S/C14H29N5/c1-5-16-14-18-17-13(19(14)6-2)8-7-12(9-10-15)11(3)4/h11-12H,5-10,15H2,1-4H3,(H,16,18). The molecular weight excluding hydrogens is 238 g/mol.